The second-order valence-corrected chi connectivity index (χ2v) is 10.1. The number of para-hydroxylation sites is 1. The number of pyridine rings is 1. The molecule has 0 saturated carbocycles. The molecule has 166 valence electrons. The van der Waals surface area contributed by atoms with Gasteiger partial charge in [-0.3, -0.25) is 14.5 Å². The van der Waals surface area contributed by atoms with Gasteiger partial charge in [0.05, 0.1) is 16.1 Å². The number of nitrogens with one attached hydrogen (secondary N) is 1. The largest absolute Gasteiger partial charge is 0.344 e. The maximum Gasteiger partial charge on any atom is 0.270 e. The van der Waals surface area contributed by atoms with Gasteiger partial charge in [0, 0.05) is 40.3 Å². The van der Waals surface area contributed by atoms with Gasteiger partial charge in [-0.25, -0.2) is 0 Å². The molecule has 5 aromatic rings. The first kappa shape index (κ1) is 20.9. The number of fused-ring (bicyclic) bond motifs is 4. The van der Waals surface area contributed by atoms with Crippen molar-refractivity contribution in [2.24, 2.45) is 7.05 Å². The number of carbonyl (C=O) groups excluding carboxylic acids is 1. The van der Waals surface area contributed by atoms with Crippen molar-refractivity contribution in [3.8, 4) is 0 Å². The monoisotopic (exact) mass is 481 g/mol. The summed E-state index contributed by atoms with van der Waals surface area (Å²) in [5.41, 5.74) is 5.31. The highest BCUT2D eigenvalue weighted by atomic mass is 32.2. The Morgan fingerprint density at radius 3 is 2.56 bits per heavy atom. The van der Waals surface area contributed by atoms with Crippen LogP contribution in [0.4, 0.5) is 5.69 Å². The lowest BCUT2D eigenvalue weighted by Gasteiger charge is -2.15. The molecule has 0 aliphatic carbocycles. The van der Waals surface area contributed by atoms with E-state index >= 15 is 0 Å². The first-order valence-electron chi connectivity index (χ1n) is 10.8. The number of hydrogen-bond donors (Lipinski definition) is 1. The highest BCUT2D eigenvalue weighted by Gasteiger charge is 2.33. The predicted molar refractivity (Wildman–Crippen MR) is 145 cm³/mol. The number of nitrogens with zero attached hydrogens (tertiary/aromatic N) is 2. The number of H-pyrrole nitrogens is 1. The van der Waals surface area contributed by atoms with Crippen molar-refractivity contribution < 1.29 is 4.79 Å². The van der Waals surface area contributed by atoms with E-state index in [4.69, 9.17) is 12.2 Å². The second kappa shape index (κ2) is 7.68. The Bertz CT molecular complexity index is 1780. The van der Waals surface area contributed by atoms with E-state index in [-0.39, 0.29) is 11.5 Å². The van der Waals surface area contributed by atoms with Crippen LogP contribution in [0.1, 0.15) is 11.1 Å². The maximum atomic E-state index is 13.3. The Hall–Kier alpha value is -3.68. The lowest BCUT2D eigenvalue weighted by Crippen LogP contribution is -2.27. The minimum atomic E-state index is -0.170. The Morgan fingerprint density at radius 2 is 1.71 bits per heavy atom. The Balaban J connectivity index is 1.40. The molecule has 1 amide bonds. The molecule has 2 aromatic heterocycles. The van der Waals surface area contributed by atoms with Crippen LogP contribution in [-0.2, 0) is 11.8 Å². The Kier molecular flexibility index (Phi) is 4.72. The van der Waals surface area contributed by atoms with E-state index in [0.29, 0.717) is 20.4 Å². The molecule has 1 N–H and O–H groups in total. The lowest BCUT2D eigenvalue weighted by molar-refractivity contribution is -0.113. The van der Waals surface area contributed by atoms with Gasteiger partial charge in [-0.1, -0.05) is 54.3 Å². The number of aromatic amines is 1. The van der Waals surface area contributed by atoms with Crippen LogP contribution in [0.5, 0.6) is 0 Å². The van der Waals surface area contributed by atoms with E-state index in [1.54, 1.807) is 12.1 Å². The number of aromatic nitrogens is 2. The number of anilines is 1. The van der Waals surface area contributed by atoms with Crippen molar-refractivity contribution in [2.75, 3.05) is 4.90 Å². The number of hydrogen-bond acceptors (Lipinski definition) is 4. The summed E-state index contributed by atoms with van der Waals surface area (Å²) in [6, 6.07) is 21.7. The van der Waals surface area contributed by atoms with Crippen molar-refractivity contribution in [3.63, 3.8) is 0 Å². The number of rotatable bonds is 2. The van der Waals surface area contributed by atoms with Crippen molar-refractivity contribution in [1.29, 1.82) is 0 Å². The molecule has 0 radical (unpaired) electrons. The molecule has 0 atom stereocenters. The Labute approximate surface area is 204 Å². The van der Waals surface area contributed by atoms with Crippen LogP contribution in [-0.4, -0.2) is 19.8 Å². The van der Waals surface area contributed by atoms with Gasteiger partial charge in [0.1, 0.15) is 0 Å². The van der Waals surface area contributed by atoms with Gasteiger partial charge in [0.2, 0.25) is 5.56 Å². The molecule has 3 heterocycles. The minimum Gasteiger partial charge on any atom is -0.344 e. The van der Waals surface area contributed by atoms with Crippen LogP contribution in [0.25, 0.3) is 38.8 Å². The quantitative estimate of drug-likeness (QED) is 0.252. The summed E-state index contributed by atoms with van der Waals surface area (Å²) in [6.07, 6.45) is 1.90. The molecular formula is C27H19N3O2S2. The van der Waals surface area contributed by atoms with Gasteiger partial charge in [0.25, 0.3) is 5.91 Å². The van der Waals surface area contributed by atoms with Crippen molar-refractivity contribution >= 4 is 78.7 Å². The molecule has 7 heteroatoms. The van der Waals surface area contributed by atoms with E-state index < -0.39 is 0 Å². The third-order valence-electron chi connectivity index (χ3n) is 6.32. The minimum absolute atomic E-state index is 0.164. The molecule has 1 fully saturated rings. The number of aryl methyl sites for hydroxylation is 2. The summed E-state index contributed by atoms with van der Waals surface area (Å²) >= 11 is 6.85. The molecule has 3 aromatic carbocycles. The van der Waals surface area contributed by atoms with Crippen LogP contribution < -0.4 is 10.5 Å². The van der Waals surface area contributed by atoms with Gasteiger partial charge in [0.15, 0.2) is 4.32 Å². The van der Waals surface area contributed by atoms with Crippen LogP contribution in [0.3, 0.4) is 0 Å². The first-order valence-corrected chi connectivity index (χ1v) is 12.0. The fourth-order valence-corrected chi connectivity index (χ4v) is 5.98. The molecule has 5 nitrogen and oxygen atoms in total. The summed E-state index contributed by atoms with van der Waals surface area (Å²) in [4.78, 5) is 30.2. The molecule has 0 unspecified atom stereocenters. The van der Waals surface area contributed by atoms with E-state index in [9.17, 15) is 9.59 Å². The molecule has 1 aliphatic heterocycles. The number of benzene rings is 3. The fourth-order valence-electron chi connectivity index (χ4n) is 4.68. The zero-order valence-corrected chi connectivity index (χ0v) is 20.1. The van der Waals surface area contributed by atoms with Crippen molar-refractivity contribution in [2.45, 2.75) is 6.92 Å². The van der Waals surface area contributed by atoms with E-state index in [1.165, 1.54) is 27.6 Å². The Morgan fingerprint density at radius 1 is 0.912 bits per heavy atom. The summed E-state index contributed by atoms with van der Waals surface area (Å²) in [5.74, 6) is -0.164. The standard InChI is InChI=1S/C27H19N3O2S2/c1-15-11-25(31)28-21-14-17(8-9-18(15)21)30-26(32)24(34-27(30)33)13-16-7-10-23-20(12-16)19-5-3-4-6-22(19)29(23)2/h3-14H,1-2H3,(H,28,31)/b24-13-. The summed E-state index contributed by atoms with van der Waals surface area (Å²) in [7, 11) is 2.06. The van der Waals surface area contributed by atoms with Crippen LogP contribution in [0.2, 0.25) is 0 Å². The smallest absolute Gasteiger partial charge is 0.270 e. The van der Waals surface area contributed by atoms with Crippen LogP contribution in [0, 0.1) is 6.92 Å². The van der Waals surface area contributed by atoms with Crippen molar-refractivity contribution in [3.05, 3.63) is 93.1 Å². The summed E-state index contributed by atoms with van der Waals surface area (Å²) in [5, 5.41) is 3.27. The topological polar surface area (TPSA) is 58.1 Å². The SMILES string of the molecule is Cc1cc(=O)[nH]c2cc(N3C(=O)/C(=C/c4ccc5c(c4)c4ccccc4n5C)SC3=S)ccc12. The van der Waals surface area contributed by atoms with Gasteiger partial charge >= 0.3 is 0 Å². The second-order valence-electron chi connectivity index (χ2n) is 8.42. The molecule has 1 saturated heterocycles. The van der Waals surface area contributed by atoms with Gasteiger partial charge < -0.3 is 9.55 Å². The number of amides is 1. The normalized spacial score (nSPS) is 15.5. The number of carbonyl (C=O) groups is 1. The van der Waals surface area contributed by atoms with Gasteiger partial charge in [-0.15, -0.1) is 0 Å². The third-order valence-corrected chi connectivity index (χ3v) is 7.62. The summed E-state index contributed by atoms with van der Waals surface area (Å²) in [6.45, 7) is 1.90. The maximum absolute atomic E-state index is 13.3. The fraction of sp³-hybridized carbons (Fsp3) is 0.0741. The average molecular weight is 482 g/mol. The molecule has 34 heavy (non-hydrogen) atoms. The van der Waals surface area contributed by atoms with Crippen LogP contribution in [0.15, 0.2) is 76.4 Å². The predicted octanol–water partition coefficient (Wildman–Crippen LogP) is 5.89. The van der Waals surface area contributed by atoms with Crippen LogP contribution >= 0.6 is 24.0 Å². The third kappa shape index (κ3) is 3.20. The lowest BCUT2D eigenvalue weighted by atomic mass is 10.1. The molecular weight excluding hydrogens is 462 g/mol. The van der Waals surface area contributed by atoms with Crippen molar-refractivity contribution in [1.82, 2.24) is 9.55 Å². The average Bonchev–Trinajstić information content (AvgIpc) is 3.26. The highest BCUT2D eigenvalue weighted by Crippen LogP contribution is 2.37. The van der Waals surface area contributed by atoms with E-state index in [2.05, 4.69) is 40.9 Å². The zero-order chi connectivity index (χ0) is 23.6. The molecule has 1 aliphatic rings. The first-order chi connectivity index (χ1) is 16.4. The van der Waals surface area contributed by atoms with E-state index in [1.807, 2.05) is 43.3 Å². The molecule has 6 rings (SSSR count). The molecule has 0 spiro atoms. The number of thiocarbonyl (C=S) groups is 1. The van der Waals surface area contributed by atoms with Gasteiger partial charge in [-0.2, -0.15) is 0 Å². The number of thioether (sulfide) groups is 1. The van der Waals surface area contributed by atoms with Gasteiger partial charge in [-0.05, 0) is 54.5 Å². The molecule has 0 bridgehead atoms. The van der Waals surface area contributed by atoms with E-state index in [0.717, 1.165) is 27.4 Å². The zero-order valence-electron chi connectivity index (χ0n) is 18.5. The highest BCUT2D eigenvalue weighted by molar-refractivity contribution is 8.27. The summed E-state index contributed by atoms with van der Waals surface area (Å²) < 4.78 is 2.65.